The summed E-state index contributed by atoms with van der Waals surface area (Å²) in [6, 6.07) is 14.2. The van der Waals surface area contributed by atoms with Crippen LogP contribution in [-0.2, 0) is 0 Å². The topological polar surface area (TPSA) is 109 Å². The Bertz CT molecular complexity index is 1010. The van der Waals surface area contributed by atoms with E-state index in [2.05, 4.69) is 27.6 Å². The number of para-hydroxylation sites is 1. The number of hydrogen-bond acceptors (Lipinski definition) is 6. The van der Waals surface area contributed by atoms with Gasteiger partial charge in [0.15, 0.2) is 11.5 Å². The molecule has 2 aromatic carbocycles. The summed E-state index contributed by atoms with van der Waals surface area (Å²) >= 11 is 0. The maximum Gasteiger partial charge on any atom is 0.289 e. The van der Waals surface area contributed by atoms with Crippen molar-refractivity contribution in [3.05, 3.63) is 59.8 Å². The van der Waals surface area contributed by atoms with Crippen molar-refractivity contribution in [3.8, 4) is 28.5 Å². The lowest BCUT2D eigenvalue weighted by atomic mass is 10.1. The van der Waals surface area contributed by atoms with Crippen LogP contribution in [0.4, 0.5) is 0 Å². The van der Waals surface area contributed by atoms with Gasteiger partial charge in [0.05, 0.1) is 25.1 Å². The number of rotatable bonds is 9. The minimum atomic E-state index is -0.451. The van der Waals surface area contributed by atoms with Gasteiger partial charge in [-0.05, 0) is 55.8 Å². The van der Waals surface area contributed by atoms with Crippen molar-refractivity contribution in [2.24, 2.45) is 5.10 Å². The van der Waals surface area contributed by atoms with Crippen molar-refractivity contribution in [1.29, 1.82) is 0 Å². The van der Waals surface area contributed by atoms with Gasteiger partial charge in [-0.25, -0.2) is 5.43 Å². The summed E-state index contributed by atoms with van der Waals surface area (Å²) in [5.74, 6) is 0.665. The third-order valence-electron chi connectivity index (χ3n) is 4.15. The zero-order valence-electron chi connectivity index (χ0n) is 16.9. The summed E-state index contributed by atoms with van der Waals surface area (Å²) in [6.07, 6.45) is 2.29. The quantitative estimate of drug-likeness (QED) is 0.369. The number of phenols is 1. The Morgan fingerprint density at radius 2 is 2.00 bits per heavy atom. The number of ether oxygens (including phenoxy) is 2. The molecule has 1 amide bonds. The number of carbonyl (C=O) groups is 1. The molecule has 0 aliphatic heterocycles. The Morgan fingerprint density at radius 3 is 2.73 bits per heavy atom. The molecule has 8 heteroatoms. The van der Waals surface area contributed by atoms with Crippen LogP contribution in [0.1, 0.15) is 36.3 Å². The van der Waals surface area contributed by atoms with Gasteiger partial charge < -0.3 is 14.6 Å². The van der Waals surface area contributed by atoms with Crippen molar-refractivity contribution in [1.82, 2.24) is 15.6 Å². The fraction of sp³-hybridized carbons (Fsp3) is 0.227. The van der Waals surface area contributed by atoms with Gasteiger partial charge in [-0.1, -0.05) is 13.0 Å². The van der Waals surface area contributed by atoms with Gasteiger partial charge in [0.2, 0.25) is 0 Å². The van der Waals surface area contributed by atoms with Crippen LogP contribution in [0.15, 0.2) is 53.6 Å². The van der Waals surface area contributed by atoms with Crippen molar-refractivity contribution in [2.75, 3.05) is 13.2 Å². The highest BCUT2D eigenvalue weighted by molar-refractivity contribution is 5.94. The molecule has 0 fully saturated rings. The molecule has 0 aliphatic carbocycles. The average Bonchev–Trinajstić information content (AvgIpc) is 3.26. The Kier molecular flexibility index (Phi) is 7.05. The van der Waals surface area contributed by atoms with E-state index >= 15 is 0 Å². The predicted octanol–water partition coefficient (Wildman–Crippen LogP) is 3.73. The second-order valence-electron chi connectivity index (χ2n) is 6.37. The van der Waals surface area contributed by atoms with E-state index in [1.165, 1.54) is 6.21 Å². The number of carbonyl (C=O) groups excluding carboxylic acids is 1. The number of hydrogen-bond donors (Lipinski definition) is 3. The maximum atomic E-state index is 12.3. The molecule has 0 radical (unpaired) electrons. The molecule has 0 spiro atoms. The summed E-state index contributed by atoms with van der Waals surface area (Å²) in [6.45, 7) is 4.98. The fourth-order valence-electron chi connectivity index (χ4n) is 2.66. The van der Waals surface area contributed by atoms with Crippen LogP contribution in [0, 0.1) is 0 Å². The van der Waals surface area contributed by atoms with E-state index in [-0.39, 0.29) is 11.4 Å². The molecule has 30 heavy (non-hydrogen) atoms. The highest BCUT2D eigenvalue weighted by Gasteiger charge is 2.11. The van der Waals surface area contributed by atoms with Crippen LogP contribution >= 0.6 is 0 Å². The first-order chi connectivity index (χ1) is 14.6. The summed E-state index contributed by atoms with van der Waals surface area (Å²) < 4.78 is 10.9. The zero-order chi connectivity index (χ0) is 21.3. The predicted molar refractivity (Wildman–Crippen MR) is 114 cm³/mol. The summed E-state index contributed by atoms with van der Waals surface area (Å²) in [5, 5.41) is 20.9. The minimum absolute atomic E-state index is 0.0347. The first kappa shape index (κ1) is 20.9. The van der Waals surface area contributed by atoms with Crippen molar-refractivity contribution < 1.29 is 19.4 Å². The van der Waals surface area contributed by atoms with Crippen LogP contribution in [0.25, 0.3) is 11.3 Å². The lowest BCUT2D eigenvalue weighted by Gasteiger charge is -2.07. The van der Waals surface area contributed by atoms with Crippen LogP contribution < -0.4 is 14.9 Å². The van der Waals surface area contributed by atoms with E-state index in [0.29, 0.717) is 30.2 Å². The van der Waals surface area contributed by atoms with E-state index in [1.54, 1.807) is 24.3 Å². The Labute approximate surface area is 174 Å². The SMILES string of the molecule is CCCOc1ccc(-c2cc(C(=O)NN=Cc3cccc(OCC)c3O)[nH]n2)cc1. The number of aromatic hydroxyl groups is 1. The molecule has 3 rings (SSSR count). The zero-order valence-corrected chi connectivity index (χ0v) is 16.9. The van der Waals surface area contributed by atoms with Gasteiger partial charge in [-0.2, -0.15) is 10.2 Å². The van der Waals surface area contributed by atoms with E-state index in [1.807, 2.05) is 31.2 Å². The number of hydrazone groups is 1. The maximum absolute atomic E-state index is 12.3. The molecule has 0 aliphatic rings. The molecule has 156 valence electrons. The van der Waals surface area contributed by atoms with Crippen molar-refractivity contribution in [2.45, 2.75) is 20.3 Å². The third kappa shape index (κ3) is 5.16. The first-order valence-electron chi connectivity index (χ1n) is 9.69. The summed E-state index contributed by atoms with van der Waals surface area (Å²) in [7, 11) is 0. The van der Waals surface area contributed by atoms with Gasteiger partial charge in [0.25, 0.3) is 5.91 Å². The average molecular weight is 408 g/mol. The second kappa shape index (κ2) is 10.1. The molecule has 3 aromatic rings. The molecule has 0 atom stereocenters. The molecule has 0 bridgehead atoms. The first-order valence-corrected chi connectivity index (χ1v) is 9.69. The number of nitrogens with one attached hydrogen (secondary N) is 2. The van der Waals surface area contributed by atoms with Crippen LogP contribution in [-0.4, -0.2) is 40.6 Å². The highest BCUT2D eigenvalue weighted by atomic mass is 16.5. The Balaban J connectivity index is 1.63. The normalized spacial score (nSPS) is 10.9. The highest BCUT2D eigenvalue weighted by Crippen LogP contribution is 2.28. The minimum Gasteiger partial charge on any atom is -0.504 e. The molecular weight excluding hydrogens is 384 g/mol. The molecule has 1 heterocycles. The van der Waals surface area contributed by atoms with Gasteiger partial charge >= 0.3 is 0 Å². The Morgan fingerprint density at radius 1 is 1.20 bits per heavy atom. The molecule has 0 unspecified atom stereocenters. The number of nitrogens with zero attached hydrogens (tertiary/aromatic N) is 2. The van der Waals surface area contributed by atoms with E-state index in [4.69, 9.17) is 9.47 Å². The monoisotopic (exact) mass is 408 g/mol. The summed E-state index contributed by atoms with van der Waals surface area (Å²) in [4.78, 5) is 12.3. The van der Waals surface area contributed by atoms with E-state index in [9.17, 15) is 9.90 Å². The molecule has 1 aromatic heterocycles. The largest absolute Gasteiger partial charge is 0.504 e. The molecule has 3 N–H and O–H groups in total. The number of H-pyrrole nitrogens is 1. The number of benzene rings is 2. The van der Waals surface area contributed by atoms with Crippen molar-refractivity contribution >= 4 is 12.1 Å². The molecule has 0 saturated carbocycles. The van der Waals surface area contributed by atoms with Gasteiger partial charge in [-0.15, -0.1) is 0 Å². The van der Waals surface area contributed by atoms with E-state index < -0.39 is 5.91 Å². The Hall–Kier alpha value is -3.81. The molecule has 0 saturated heterocycles. The lowest BCUT2D eigenvalue weighted by molar-refractivity contribution is 0.0950. The summed E-state index contributed by atoms with van der Waals surface area (Å²) in [5.41, 5.74) is 4.59. The van der Waals surface area contributed by atoms with Gasteiger partial charge in [0, 0.05) is 11.1 Å². The van der Waals surface area contributed by atoms with Crippen LogP contribution in [0.3, 0.4) is 0 Å². The number of aromatic nitrogens is 2. The molecular formula is C22H24N4O4. The number of amides is 1. The smallest absolute Gasteiger partial charge is 0.289 e. The van der Waals surface area contributed by atoms with E-state index in [0.717, 1.165) is 17.7 Å². The van der Waals surface area contributed by atoms with Crippen molar-refractivity contribution in [3.63, 3.8) is 0 Å². The lowest BCUT2D eigenvalue weighted by Crippen LogP contribution is -2.18. The van der Waals surface area contributed by atoms with Crippen LogP contribution in [0.2, 0.25) is 0 Å². The number of phenolic OH excluding ortho intramolecular Hbond substituents is 1. The van der Waals surface area contributed by atoms with Crippen LogP contribution in [0.5, 0.6) is 17.2 Å². The standard InChI is InChI=1S/C22H24N4O4/c1-3-12-30-17-10-8-15(9-11-17)18-13-19(25-24-18)22(28)26-23-14-16-6-5-7-20(21(16)27)29-4-2/h5-11,13-14,27H,3-4,12H2,1-2H3,(H,24,25)(H,26,28). The second-order valence-corrected chi connectivity index (χ2v) is 6.37. The van der Waals surface area contributed by atoms with Gasteiger partial charge in [-0.3, -0.25) is 9.89 Å². The fourth-order valence-corrected chi connectivity index (χ4v) is 2.66. The number of aromatic amines is 1. The third-order valence-corrected chi connectivity index (χ3v) is 4.15. The van der Waals surface area contributed by atoms with Gasteiger partial charge in [0.1, 0.15) is 11.4 Å². The molecule has 8 nitrogen and oxygen atoms in total.